The van der Waals surface area contributed by atoms with Gasteiger partial charge in [-0.05, 0) is 25.2 Å². The van der Waals surface area contributed by atoms with Crippen LogP contribution in [0.3, 0.4) is 0 Å². The highest BCUT2D eigenvalue weighted by Gasteiger charge is 2.21. The summed E-state index contributed by atoms with van der Waals surface area (Å²) in [5.74, 6) is 5.80. The van der Waals surface area contributed by atoms with Crippen LogP contribution in [0.1, 0.15) is 20.3 Å². The largest absolute Gasteiger partial charge is 0.332 e. The molecule has 2 nitrogen and oxygen atoms in total. The molecule has 11 heavy (non-hydrogen) atoms. The fourth-order valence-corrected chi connectivity index (χ4v) is 1.31. The minimum absolute atomic E-state index is 0.0168. The molecule has 1 fully saturated rings. The Morgan fingerprint density at radius 2 is 2.36 bits per heavy atom. The molecule has 1 amide bonds. The van der Waals surface area contributed by atoms with E-state index in [1.165, 1.54) is 0 Å². The average Bonchev–Trinajstić information content (AvgIpc) is 2.36. The number of nitrogens with zero attached hydrogens (tertiary/aromatic N) is 1. The molecule has 1 atom stereocenters. The van der Waals surface area contributed by atoms with Gasteiger partial charge < -0.3 is 4.90 Å². The van der Waals surface area contributed by atoms with E-state index in [2.05, 4.69) is 18.8 Å². The smallest absolute Gasteiger partial charge is 0.298 e. The van der Waals surface area contributed by atoms with Crippen LogP contribution in [0.5, 0.6) is 0 Å². The molecule has 60 valence electrons. The van der Waals surface area contributed by atoms with Gasteiger partial charge in [-0.1, -0.05) is 12.8 Å². The van der Waals surface area contributed by atoms with Crippen LogP contribution in [0, 0.1) is 17.8 Å². The number of carbonyl (C=O) groups excluding carboxylic acids is 1. The summed E-state index contributed by atoms with van der Waals surface area (Å²) in [5, 5.41) is 0. The van der Waals surface area contributed by atoms with E-state index in [0.29, 0.717) is 5.92 Å². The third-order valence-corrected chi connectivity index (χ3v) is 1.94. The Labute approximate surface area is 67.6 Å². The van der Waals surface area contributed by atoms with Gasteiger partial charge in [-0.3, -0.25) is 4.79 Å². The molecule has 1 aliphatic rings. The molecule has 1 heterocycles. The maximum Gasteiger partial charge on any atom is 0.298 e. The monoisotopic (exact) mass is 151 g/mol. The minimum Gasteiger partial charge on any atom is -0.332 e. The number of amides is 1. The molecule has 0 aliphatic carbocycles. The quantitative estimate of drug-likeness (QED) is 0.471. The molecule has 0 aromatic heterocycles. The zero-order chi connectivity index (χ0) is 8.27. The number of likely N-dealkylation sites (tertiary alicyclic amines) is 1. The first-order valence-electron chi connectivity index (χ1n) is 3.95. The van der Waals surface area contributed by atoms with E-state index < -0.39 is 0 Å². The van der Waals surface area contributed by atoms with Gasteiger partial charge in [0, 0.05) is 13.1 Å². The summed E-state index contributed by atoms with van der Waals surface area (Å²) < 4.78 is 0. The molecule has 0 spiro atoms. The second-order valence-corrected chi connectivity index (χ2v) is 3.02. The first kappa shape index (κ1) is 8.13. The van der Waals surface area contributed by atoms with Crippen LogP contribution in [-0.2, 0) is 4.79 Å². The molecule has 2 heteroatoms. The molecule has 0 saturated carbocycles. The van der Waals surface area contributed by atoms with E-state index in [4.69, 9.17) is 0 Å². The summed E-state index contributed by atoms with van der Waals surface area (Å²) in [6, 6.07) is 0. The predicted octanol–water partition coefficient (Wildman–Crippen LogP) is 0.878. The van der Waals surface area contributed by atoms with Gasteiger partial charge in [0.1, 0.15) is 0 Å². The lowest BCUT2D eigenvalue weighted by Crippen LogP contribution is -2.26. The highest BCUT2D eigenvalue weighted by Crippen LogP contribution is 2.14. The molecule has 0 unspecified atom stereocenters. The Morgan fingerprint density at radius 3 is 2.82 bits per heavy atom. The highest BCUT2D eigenvalue weighted by molar-refractivity contribution is 5.93. The Bertz CT molecular complexity index is 211. The van der Waals surface area contributed by atoms with Gasteiger partial charge >= 0.3 is 0 Å². The van der Waals surface area contributed by atoms with Crippen LogP contribution >= 0.6 is 0 Å². The molecule has 0 bridgehead atoms. The van der Waals surface area contributed by atoms with Crippen LogP contribution < -0.4 is 0 Å². The zero-order valence-corrected chi connectivity index (χ0v) is 7.05. The van der Waals surface area contributed by atoms with Crippen molar-refractivity contribution in [3.8, 4) is 11.8 Å². The van der Waals surface area contributed by atoms with E-state index in [-0.39, 0.29) is 5.91 Å². The second-order valence-electron chi connectivity index (χ2n) is 3.02. The van der Waals surface area contributed by atoms with Crippen LogP contribution in [0.15, 0.2) is 0 Å². The van der Waals surface area contributed by atoms with Crippen molar-refractivity contribution in [1.29, 1.82) is 0 Å². The number of hydrogen-bond donors (Lipinski definition) is 0. The van der Waals surface area contributed by atoms with Gasteiger partial charge in [0.25, 0.3) is 5.91 Å². The lowest BCUT2D eigenvalue weighted by molar-refractivity contribution is -0.124. The molecule has 1 saturated heterocycles. The van der Waals surface area contributed by atoms with E-state index in [1.807, 2.05) is 4.90 Å². The third-order valence-electron chi connectivity index (χ3n) is 1.94. The molecule has 0 radical (unpaired) electrons. The van der Waals surface area contributed by atoms with Crippen LogP contribution in [0.2, 0.25) is 0 Å². The number of hydrogen-bond acceptors (Lipinski definition) is 1. The van der Waals surface area contributed by atoms with Crippen molar-refractivity contribution in [2.45, 2.75) is 20.3 Å². The van der Waals surface area contributed by atoms with Crippen LogP contribution in [0.25, 0.3) is 0 Å². The molecule has 1 rings (SSSR count). The Kier molecular flexibility index (Phi) is 2.53. The van der Waals surface area contributed by atoms with Gasteiger partial charge in [-0.25, -0.2) is 0 Å². The van der Waals surface area contributed by atoms with Gasteiger partial charge in [-0.15, -0.1) is 0 Å². The first-order valence-corrected chi connectivity index (χ1v) is 3.95. The lowest BCUT2D eigenvalue weighted by Gasteiger charge is -2.10. The molecule has 0 aromatic rings. The summed E-state index contributed by atoms with van der Waals surface area (Å²) >= 11 is 0. The minimum atomic E-state index is -0.0168. The summed E-state index contributed by atoms with van der Waals surface area (Å²) in [4.78, 5) is 13.0. The Morgan fingerprint density at radius 1 is 1.64 bits per heavy atom. The van der Waals surface area contributed by atoms with Gasteiger partial charge in [-0.2, -0.15) is 0 Å². The van der Waals surface area contributed by atoms with Crippen molar-refractivity contribution in [1.82, 2.24) is 4.90 Å². The fourth-order valence-electron chi connectivity index (χ4n) is 1.31. The predicted molar refractivity (Wildman–Crippen MR) is 43.8 cm³/mol. The van der Waals surface area contributed by atoms with E-state index in [0.717, 1.165) is 19.5 Å². The average molecular weight is 151 g/mol. The van der Waals surface area contributed by atoms with Gasteiger partial charge in [0.05, 0.1) is 0 Å². The van der Waals surface area contributed by atoms with Crippen molar-refractivity contribution >= 4 is 5.91 Å². The summed E-state index contributed by atoms with van der Waals surface area (Å²) in [6.07, 6.45) is 1.12. The van der Waals surface area contributed by atoms with Crippen LogP contribution in [0.4, 0.5) is 0 Å². The van der Waals surface area contributed by atoms with Crippen molar-refractivity contribution in [3.05, 3.63) is 0 Å². The molecule has 0 aromatic carbocycles. The van der Waals surface area contributed by atoms with E-state index in [1.54, 1.807) is 6.92 Å². The molecular formula is C9H13NO. The lowest BCUT2D eigenvalue weighted by atomic mass is 10.2. The van der Waals surface area contributed by atoms with E-state index >= 15 is 0 Å². The molecule has 1 aliphatic heterocycles. The van der Waals surface area contributed by atoms with Gasteiger partial charge in [0.15, 0.2) is 0 Å². The Balaban J connectivity index is 2.47. The maximum absolute atomic E-state index is 11.1. The SMILES string of the molecule is CC#CC(=O)N1CC[C@@H](C)C1. The van der Waals surface area contributed by atoms with Gasteiger partial charge in [0.2, 0.25) is 0 Å². The second kappa shape index (κ2) is 3.43. The fraction of sp³-hybridized carbons (Fsp3) is 0.667. The van der Waals surface area contributed by atoms with Crippen molar-refractivity contribution < 1.29 is 4.79 Å². The Hall–Kier alpha value is -0.970. The maximum atomic E-state index is 11.1. The topological polar surface area (TPSA) is 20.3 Å². The molecule has 0 N–H and O–H groups in total. The standard InChI is InChI=1S/C9H13NO/c1-3-4-9(11)10-6-5-8(2)7-10/h8H,5-7H2,1-2H3/t8-/m1/s1. The van der Waals surface area contributed by atoms with E-state index in [9.17, 15) is 4.79 Å². The van der Waals surface area contributed by atoms with Crippen molar-refractivity contribution in [2.75, 3.05) is 13.1 Å². The summed E-state index contributed by atoms with van der Waals surface area (Å²) in [6.45, 7) is 5.62. The van der Waals surface area contributed by atoms with Crippen molar-refractivity contribution in [3.63, 3.8) is 0 Å². The van der Waals surface area contributed by atoms with Crippen molar-refractivity contribution in [2.24, 2.45) is 5.92 Å². The highest BCUT2D eigenvalue weighted by atomic mass is 16.2. The number of rotatable bonds is 0. The summed E-state index contributed by atoms with van der Waals surface area (Å²) in [7, 11) is 0. The first-order chi connectivity index (χ1) is 5.24. The number of carbonyl (C=O) groups is 1. The summed E-state index contributed by atoms with van der Waals surface area (Å²) in [5.41, 5.74) is 0. The van der Waals surface area contributed by atoms with Crippen LogP contribution in [-0.4, -0.2) is 23.9 Å². The zero-order valence-electron chi connectivity index (χ0n) is 7.05. The molecular weight excluding hydrogens is 138 g/mol. The third kappa shape index (κ3) is 1.98. The normalized spacial score (nSPS) is 22.7.